The van der Waals surface area contributed by atoms with E-state index in [4.69, 9.17) is 8.85 Å². The van der Waals surface area contributed by atoms with Crippen LogP contribution in [-0.4, -0.2) is 22.7 Å². The second-order valence-electron chi connectivity index (χ2n) is 12.9. The number of hydrogen-bond acceptors (Lipinski definition) is 2. The van der Waals surface area contributed by atoms with Crippen LogP contribution in [0.25, 0.3) is 0 Å². The summed E-state index contributed by atoms with van der Waals surface area (Å²) in [7, 11) is -3.03. The number of hydrogen-bond donors (Lipinski definition) is 0. The average Bonchev–Trinajstić information content (AvgIpc) is 2.89. The third-order valence-electron chi connectivity index (χ3n) is 8.58. The zero-order valence-corrected chi connectivity index (χ0v) is 22.2. The van der Waals surface area contributed by atoms with Crippen molar-refractivity contribution in [3.8, 4) is 0 Å². The van der Waals surface area contributed by atoms with Crippen LogP contribution < -0.4 is 0 Å². The van der Waals surface area contributed by atoms with Gasteiger partial charge in [0.2, 0.25) is 8.32 Å². The Morgan fingerprint density at radius 1 is 0.931 bits per heavy atom. The minimum absolute atomic E-state index is 0.284. The molecule has 2 saturated carbocycles. The van der Waals surface area contributed by atoms with Gasteiger partial charge in [0.15, 0.2) is 8.32 Å². The van der Waals surface area contributed by atoms with Crippen LogP contribution in [0.5, 0.6) is 0 Å². The maximum atomic E-state index is 6.62. The van der Waals surface area contributed by atoms with Crippen LogP contribution in [0, 0.1) is 34.5 Å². The Morgan fingerprint density at radius 2 is 1.66 bits per heavy atom. The Kier molecular flexibility index (Phi) is 5.36. The highest BCUT2D eigenvalue weighted by Gasteiger charge is 2.58. The van der Waals surface area contributed by atoms with Gasteiger partial charge in [-0.3, -0.25) is 0 Å². The molecule has 0 aromatic rings. The molecule has 0 amide bonds. The molecule has 0 aromatic heterocycles. The fraction of sp³-hybridized carbons (Fsp3) is 0.840. The van der Waals surface area contributed by atoms with Crippen molar-refractivity contribution in [2.24, 2.45) is 34.5 Å². The zero-order chi connectivity index (χ0) is 21.2. The summed E-state index contributed by atoms with van der Waals surface area (Å²) >= 11 is 0. The van der Waals surface area contributed by atoms with Crippen molar-refractivity contribution in [2.45, 2.75) is 97.8 Å². The van der Waals surface area contributed by atoms with Gasteiger partial charge >= 0.3 is 0 Å². The number of allylic oxidation sites excluding steroid dienone is 3. The van der Waals surface area contributed by atoms with Crippen LogP contribution in [0.15, 0.2) is 24.0 Å². The molecule has 0 radical (unpaired) electrons. The van der Waals surface area contributed by atoms with Gasteiger partial charge in [-0.15, -0.1) is 0 Å². The van der Waals surface area contributed by atoms with E-state index in [9.17, 15) is 0 Å². The van der Waals surface area contributed by atoms with Crippen molar-refractivity contribution in [3.63, 3.8) is 0 Å². The second kappa shape index (κ2) is 7.10. The van der Waals surface area contributed by atoms with E-state index in [2.05, 4.69) is 71.4 Å². The van der Waals surface area contributed by atoms with Gasteiger partial charge in [0, 0.05) is 5.41 Å². The van der Waals surface area contributed by atoms with Crippen molar-refractivity contribution < 1.29 is 8.85 Å². The van der Waals surface area contributed by atoms with Crippen molar-refractivity contribution in [1.82, 2.24) is 0 Å². The maximum Gasteiger partial charge on any atom is 0.241 e. The van der Waals surface area contributed by atoms with Gasteiger partial charge < -0.3 is 8.85 Å². The van der Waals surface area contributed by atoms with Crippen LogP contribution in [-0.2, 0) is 8.85 Å². The molecule has 4 heteroatoms. The van der Waals surface area contributed by atoms with E-state index in [1.807, 2.05) is 0 Å². The molecule has 0 spiro atoms. The van der Waals surface area contributed by atoms with Crippen LogP contribution in [0.2, 0.25) is 39.3 Å². The fourth-order valence-electron chi connectivity index (χ4n) is 7.33. The Labute approximate surface area is 181 Å². The lowest BCUT2D eigenvalue weighted by atomic mass is 9.46. The van der Waals surface area contributed by atoms with Gasteiger partial charge in [-0.25, -0.2) is 0 Å². The van der Waals surface area contributed by atoms with E-state index in [1.165, 1.54) is 44.3 Å². The van der Waals surface area contributed by atoms with E-state index in [-0.39, 0.29) is 5.41 Å². The highest BCUT2D eigenvalue weighted by Crippen LogP contribution is 2.65. The van der Waals surface area contributed by atoms with Gasteiger partial charge in [-0.05, 0) is 113 Å². The molecule has 0 aromatic carbocycles. The largest absolute Gasteiger partial charge is 0.547 e. The Balaban J connectivity index is 1.54. The molecule has 0 aliphatic heterocycles. The topological polar surface area (TPSA) is 18.5 Å². The van der Waals surface area contributed by atoms with Gasteiger partial charge in [0.25, 0.3) is 0 Å². The Bertz CT molecular complexity index is 701. The SMILES string of the molecule is C[C@]12CCC3C(CC[C@@H]4C[C@H](O[Si](C)(C)C)C=C[C@]34C)C1CC=C2O[Si](C)(C)C. The quantitative estimate of drug-likeness (QED) is 0.341. The Morgan fingerprint density at radius 3 is 2.31 bits per heavy atom. The molecule has 0 N–H and O–H groups in total. The van der Waals surface area contributed by atoms with Gasteiger partial charge in [0.1, 0.15) is 0 Å². The van der Waals surface area contributed by atoms with Crippen LogP contribution >= 0.6 is 0 Å². The summed E-state index contributed by atoms with van der Waals surface area (Å²) in [4.78, 5) is 0. The summed E-state index contributed by atoms with van der Waals surface area (Å²) in [6.07, 6.45) is 15.8. The van der Waals surface area contributed by atoms with Gasteiger partial charge in [0.05, 0.1) is 11.9 Å². The van der Waals surface area contributed by atoms with E-state index in [0.717, 1.165) is 23.7 Å². The summed E-state index contributed by atoms with van der Waals surface area (Å²) in [6.45, 7) is 19.1. The third kappa shape index (κ3) is 3.98. The first-order valence-electron chi connectivity index (χ1n) is 12.1. The van der Waals surface area contributed by atoms with Crippen molar-refractivity contribution in [1.29, 1.82) is 0 Å². The van der Waals surface area contributed by atoms with Crippen LogP contribution in [0.3, 0.4) is 0 Å². The monoisotopic (exact) mass is 432 g/mol. The van der Waals surface area contributed by atoms with E-state index in [0.29, 0.717) is 11.5 Å². The van der Waals surface area contributed by atoms with Crippen LogP contribution in [0.4, 0.5) is 0 Å². The summed E-state index contributed by atoms with van der Waals surface area (Å²) in [5, 5.41) is 0. The van der Waals surface area contributed by atoms with Crippen molar-refractivity contribution in [3.05, 3.63) is 24.0 Å². The van der Waals surface area contributed by atoms with E-state index < -0.39 is 16.6 Å². The highest BCUT2D eigenvalue weighted by atomic mass is 28.4. The van der Waals surface area contributed by atoms with Crippen molar-refractivity contribution >= 4 is 16.6 Å². The second-order valence-corrected chi connectivity index (χ2v) is 21.7. The normalized spacial score (nSPS) is 44.6. The van der Waals surface area contributed by atoms with Crippen LogP contribution in [0.1, 0.15) is 52.4 Å². The Hall–Kier alpha value is -0.326. The van der Waals surface area contributed by atoms with E-state index >= 15 is 0 Å². The highest BCUT2D eigenvalue weighted by molar-refractivity contribution is 6.70. The third-order valence-corrected chi connectivity index (χ3v) is 10.4. The number of rotatable bonds is 4. The first-order chi connectivity index (χ1) is 13.3. The van der Waals surface area contributed by atoms with E-state index in [1.54, 1.807) is 0 Å². The fourth-order valence-corrected chi connectivity index (χ4v) is 9.39. The summed E-state index contributed by atoms with van der Waals surface area (Å²) < 4.78 is 13.1. The smallest absolute Gasteiger partial charge is 0.241 e. The van der Waals surface area contributed by atoms with Gasteiger partial charge in [-0.2, -0.15) is 0 Å². The molecular formula is C25H44O2Si2. The minimum atomic E-state index is -1.55. The molecule has 2 nitrogen and oxygen atoms in total. The number of fused-ring (bicyclic) bond motifs is 5. The molecule has 29 heavy (non-hydrogen) atoms. The first-order valence-corrected chi connectivity index (χ1v) is 18.9. The molecule has 4 aliphatic carbocycles. The summed E-state index contributed by atoms with van der Waals surface area (Å²) in [5.74, 6) is 4.63. The minimum Gasteiger partial charge on any atom is -0.547 e. The van der Waals surface area contributed by atoms with Gasteiger partial charge in [-0.1, -0.05) is 26.0 Å². The lowest BCUT2D eigenvalue weighted by molar-refractivity contribution is -0.0760. The standard InChI is InChI=1S/C25H44O2Si2/c1-24-15-13-19(26-28(3,4)5)17-18(24)9-10-20-21-11-12-23(27-29(6,7)8)25(21,2)16-14-22(20)24/h12-13,15,18-22H,9-11,14,16-17H2,1-8H3/t18-,19-,20?,21?,22?,24+,25+/m1/s1. The molecule has 0 saturated heterocycles. The predicted molar refractivity (Wildman–Crippen MR) is 128 cm³/mol. The molecule has 3 unspecified atom stereocenters. The molecule has 2 fully saturated rings. The molecular weight excluding hydrogens is 388 g/mol. The van der Waals surface area contributed by atoms with Crippen molar-refractivity contribution in [2.75, 3.05) is 0 Å². The zero-order valence-electron chi connectivity index (χ0n) is 20.2. The molecule has 4 aliphatic rings. The lowest BCUT2D eigenvalue weighted by Crippen LogP contribution is -2.53. The molecule has 0 bridgehead atoms. The molecule has 4 rings (SSSR count). The summed E-state index contributed by atoms with van der Waals surface area (Å²) in [6, 6.07) is 0. The maximum absolute atomic E-state index is 6.62. The molecule has 7 atom stereocenters. The summed E-state index contributed by atoms with van der Waals surface area (Å²) in [5.41, 5.74) is 0.651. The average molecular weight is 433 g/mol. The molecule has 164 valence electrons. The molecule has 0 heterocycles. The lowest BCUT2D eigenvalue weighted by Gasteiger charge is -2.59. The predicted octanol–water partition coefficient (Wildman–Crippen LogP) is 7.37. The first kappa shape index (κ1) is 21.9.